The Morgan fingerprint density at radius 3 is 2.42 bits per heavy atom. The van der Waals surface area contributed by atoms with Gasteiger partial charge >= 0.3 is 12.0 Å². The van der Waals surface area contributed by atoms with Crippen molar-refractivity contribution >= 4 is 45.8 Å². The maximum Gasteiger partial charge on any atom is 0.339 e. The highest BCUT2D eigenvalue weighted by atomic mass is 32.1. The monoisotopic (exact) mass is 460 g/mol. The molecule has 166 valence electrons. The number of carbonyl (C=O) groups is 3. The van der Waals surface area contributed by atoms with E-state index in [9.17, 15) is 14.4 Å². The van der Waals surface area contributed by atoms with Crippen LogP contribution < -0.4 is 16.2 Å². The van der Waals surface area contributed by atoms with Crippen molar-refractivity contribution in [3.63, 3.8) is 0 Å². The number of hydrazine groups is 1. The minimum atomic E-state index is -0.716. The Hall–Kier alpha value is -4.24. The van der Waals surface area contributed by atoms with E-state index in [1.54, 1.807) is 41.7 Å². The van der Waals surface area contributed by atoms with Gasteiger partial charge in [0.05, 0.1) is 40.0 Å². The van der Waals surface area contributed by atoms with Crippen LogP contribution in [-0.4, -0.2) is 30.0 Å². The van der Waals surface area contributed by atoms with Gasteiger partial charge in [-0.3, -0.25) is 10.2 Å². The number of urea groups is 1. The summed E-state index contributed by atoms with van der Waals surface area (Å²) in [5.74, 6) is -1.09. The number of aromatic nitrogens is 1. The normalized spacial score (nSPS) is 10.5. The molecule has 3 amide bonds. The fourth-order valence-electron chi connectivity index (χ4n) is 3.28. The lowest BCUT2D eigenvalue weighted by Gasteiger charge is -2.13. The number of anilines is 1. The quantitative estimate of drug-likeness (QED) is 0.306. The summed E-state index contributed by atoms with van der Waals surface area (Å²) in [6.45, 7) is 2.00. The summed E-state index contributed by atoms with van der Waals surface area (Å²) in [5.41, 5.74) is 6.90. The molecule has 4 aromatic rings. The average molecular weight is 461 g/mol. The fourth-order valence-corrected chi connectivity index (χ4v) is 4.10. The minimum Gasteiger partial charge on any atom is -0.465 e. The standard InChI is InChI=1S/C24H20N4O4S/c1-14-11-12-21(33-14)20-13-17(15-7-3-5-9-18(15)25-20)22(29)27-28-24(31)26-19-10-6-4-8-16(19)23(30)32-2/h3-13H,1-2H3,(H,27,29)(H2,26,28,31). The summed E-state index contributed by atoms with van der Waals surface area (Å²) in [6, 6.07) is 18.6. The Balaban J connectivity index is 1.54. The number of nitrogens with one attached hydrogen (secondary N) is 3. The van der Waals surface area contributed by atoms with E-state index >= 15 is 0 Å². The van der Waals surface area contributed by atoms with Crippen molar-refractivity contribution in [2.24, 2.45) is 0 Å². The van der Waals surface area contributed by atoms with E-state index in [0.29, 0.717) is 22.2 Å². The van der Waals surface area contributed by atoms with Crippen LogP contribution >= 0.6 is 11.3 Å². The lowest BCUT2D eigenvalue weighted by Crippen LogP contribution is -2.44. The maximum absolute atomic E-state index is 13.0. The summed E-state index contributed by atoms with van der Waals surface area (Å²) in [5, 5.41) is 3.19. The third-order valence-electron chi connectivity index (χ3n) is 4.82. The van der Waals surface area contributed by atoms with Crippen molar-refractivity contribution in [3.8, 4) is 10.6 Å². The molecule has 33 heavy (non-hydrogen) atoms. The van der Waals surface area contributed by atoms with Gasteiger partial charge in [-0.1, -0.05) is 30.3 Å². The summed E-state index contributed by atoms with van der Waals surface area (Å²) in [6.07, 6.45) is 0. The molecule has 9 heteroatoms. The molecular formula is C24H20N4O4S. The topological polar surface area (TPSA) is 109 Å². The Morgan fingerprint density at radius 1 is 0.909 bits per heavy atom. The third-order valence-corrected chi connectivity index (χ3v) is 5.85. The SMILES string of the molecule is COC(=O)c1ccccc1NC(=O)NNC(=O)c1cc(-c2ccc(C)s2)nc2ccccc12. The number of fused-ring (bicyclic) bond motifs is 1. The molecule has 0 saturated carbocycles. The van der Waals surface area contributed by atoms with E-state index in [2.05, 4.69) is 21.2 Å². The van der Waals surface area contributed by atoms with Crippen LogP contribution in [0.25, 0.3) is 21.5 Å². The number of thiophene rings is 1. The van der Waals surface area contributed by atoms with Gasteiger partial charge in [0.1, 0.15) is 0 Å². The zero-order valence-electron chi connectivity index (χ0n) is 17.8. The Kier molecular flexibility index (Phi) is 6.32. The van der Waals surface area contributed by atoms with Crippen molar-refractivity contribution < 1.29 is 19.1 Å². The van der Waals surface area contributed by atoms with E-state index in [4.69, 9.17) is 4.74 Å². The second-order valence-electron chi connectivity index (χ2n) is 7.05. The molecule has 0 atom stereocenters. The number of carbonyl (C=O) groups excluding carboxylic acids is 3. The number of rotatable bonds is 4. The fraction of sp³-hybridized carbons (Fsp3) is 0.0833. The predicted octanol–water partition coefficient (Wildman–Crippen LogP) is 4.52. The van der Waals surface area contributed by atoms with Gasteiger partial charge in [-0.2, -0.15) is 0 Å². The van der Waals surface area contributed by atoms with Crippen LogP contribution in [-0.2, 0) is 4.74 Å². The maximum atomic E-state index is 13.0. The van der Waals surface area contributed by atoms with Gasteiger partial charge in [0.25, 0.3) is 5.91 Å². The number of ether oxygens (including phenoxy) is 1. The smallest absolute Gasteiger partial charge is 0.339 e. The molecule has 2 aromatic carbocycles. The number of para-hydroxylation sites is 2. The first-order valence-electron chi connectivity index (χ1n) is 9.97. The first-order valence-corrected chi connectivity index (χ1v) is 10.8. The number of hydrogen-bond acceptors (Lipinski definition) is 6. The largest absolute Gasteiger partial charge is 0.465 e. The van der Waals surface area contributed by atoms with Crippen molar-refractivity contribution in [2.45, 2.75) is 6.92 Å². The van der Waals surface area contributed by atoms with Crippen LogP contribution in [0.5, 0.6) is 0 Å². The highest BCUT2D eigenvalue weighted by Gasteiger charge is 2.17. The zero-order chi connectivity index (χ0) is 23.4. The molecule has 0 aliphatic heterocycles. The van der Waals surface area contributed by atoms with Gasteiger partial charge < -0.3 is 10.1 Å². The minimum absolute atomic E-state index is 0.192. The van der Waals surface area contributed by atoms with Gasteiger partial charge in [0.2, 0.25) is 0 Å². The lowest BCUT2D eigenvalue weighted by molar-refractivity contribution is 0.0601. The zero-order valence-corrected chi connectivity index (χ0v) is 18.7. The Bertz CT molecular complexity index is 1370. The van der Waals surface area contributed by atoms with Gasteiger partial charge in [-0.05, 0) is 43.3 Å². The molecule has 0 radical (unpaired) electrons. The molecule has 0 aliphatic carbocycles. The van der Waals surface area contributed by atoms with E-state index in [-0.39, 0.29) is 11.3 Å². The first-order chi connectivity index (χ1) is 16.0. The first kappa shape index (κ1) is 22.0. The van der Waals surface area contributed by atoms with Gasteiger partial charge in [0, 0.05) is 10.3 Å². The number of amides is 3. The highest BCUT2D eigenvalue weighted by Crippen LogP contribution is 2.29. The molecule has 0 fully saturated rings. The molecule has 0 bridgehead atoms. The molecule has 0 unspecified atom stereocenters. The van der Waals surface area contributed by atoms with Gasteiger partial charge in [-0.15, -0.1) is 11.3 Å². The molecule has 0 spiro atoms. The van der Waals surface area contributed by atoms with Gasteiger partial charge in [0.15, 0.2) is 0 Å². The van der Waals surface area contributed by atoms with E-state index in [1.165, 1.54) is 13.2 Å². The average Bonchev–Trinajstić information content (AvgIpc) is 3.28. The van der Waals surface area contributed by atoms with E-state index in [1.807, 2.05) is 37.3 Å². The summed E-state index contributed by atoms with van der Waals surface area (Å²) >= 11 is 1.58. The number of benzene rings is 2. The molecule has 0 aliphatic rings. The number of nitrogens with zero attached hydrogens (tertiary/aromatic N) is 1. The van der Waals surface area contributed by atoms with Crippen molar-refractivity contribution in [1.29, 1.82) is 0 Å². The molecule has 0 saturated heterocycles. The van der Waals surface area contributed by atoms with Crippen molar-refractivity contribution in [3.05, 3.63) is 82.7 Å². The van der Waals surface area contributed by atoms with Crippen molar-refractivity contribution in [2.75, 3.05) is 12.4 Å². The van der Waals surface area contributed by atoms with Crippen LogP contribution in [0.3, 0.4) is 0 Å². The van der Waals surface area contributed by atoms with Crippen LogP contribution in [0.2, 0.25) is 0 Å². The van der Waals surface area contributed by atoms with Crippen LogP contribution in [0.4, 0.5) is 10.5 Å². The number of methoxy groups -OCH3 is 1. The van der Waals surface area contributed by atoms with Crippen LogP contribution in [0, 0.1) is 6.92 Å². The number of pyridine rings is 1. The number of aryl methyl sites for hydroxylation is 1. The van der Waals surface area contributed by atoms with E-state index < -0.39 is 17.9 Å². The summed E-state index contributed by atoms with van der Waals surface area (Å²) in [4.78, 5) is 44.0. The second kappa shape index (κ2) is 9.49. The van der Waals surface area contributed by atoms with Crippen molar-refractivity contribution in [1.82, 2.24) is 15.8 Å². The molecular weight excluding hydrogens is 440 g/mol. The molecule has 4 rings (SSSR count). The molecule has 2 heterocycles. The van der Waals surface area contributed by atoms with Gasteiger partial charge in [-0.25, -0.2) is 20.0 Å². The summed E-state index contributed by atoms with van der Waals surface area (Å²) in [7, 11) is 1.25. The van der Waals surface area contributed by atoms with E-state index in [0.717, 1.165) is 9.75 Å². The second-order valence-corrected chi connectivity index (χ2v) is 8.34. The molecule has 3 N–H and O–H groups in total. The summed E-state index contributed by atoms with van der Waals surface area (Å²) < 4.78 is 4.72. The van der Waals surface area contributed by atoms with Crippen LogP contribution in [0.15, 0.2) is 66.7 Å². The lowest BCUT2D eigenvalue weighted by atomic mass is 10.1. The number of esters is 1. The highest BCUT2D eigenvalue weighted by molar-refractivity contribution is 7.15. The Morgan fingerprint density at radius 2 is 1.67 bits per heavy atom. The molecule has 8 nitrogen and oxygen atoms in total. The Labute approximate surface area is 193 Å². The molecule has 2 aromatic heterocycles. The third kappa shape index (κ3) is 4.83. The predicted molar refractivity (Wildman–Crippen MR) is 127 cm³/mol. The number of hydrogen-bond donors (Lipinski definition) is 3. The van der Waals surface area contributed by atoms with Crippen LogP contribution in [0.1, 0.15) is 25.6 Å².